The first kappa shape index (κ1) is 15.3. The first-order chi connectivity index (χ1) is 9.92. The number of hydrogen-bond acceptors (Lipinski definition) is 4. The summed E-state index contributed by atoms with van der Waals surface area (Å²) < 4.78 is 19.3. The number of rotatable bonds is 4. The van der Waals surface area contributed by atoms with Crippen LogP contribution < -0.4 is 15.4 Å². The molecular weight excluding hydrogens is 275 g/mol. The van der Waals surface area contributed by atoms with Crippen molar-refractivity contribution in [1.82, 2.24) is 5.32 Å². The molecule has 1 atom stereocenters. The van der Waals surface area contributed by atoms with Gasteiger partial charge in [-0.25, -0.2) is 4.39 Å². The Labute approximate surface area is 122 Å². The SMILES string of the molecule is COc1cc(C(C)C)c(F)cc1N[C@H]1CCC(=O)NC1=O. The van der Waals surface area contributed by atoms with Crippen LogP contribution in [0, 0.1) is 5.82 Å². The Kier molecular flexibility index (Phi) is 4.45. The highest BCUT2D eigenvalue weighted by atomic mass is 19.1. The lowest BCUT2D eigenvalue weighted by atomic mass is 10.0. The fourth-order valence-electron chi connectivity index (χ4n) is 2.31. The van der Waals surface area contributed by atoms with E-state index in [4.69, 9.17) is 4.74 Å². The average Bonchev–Trinajstić information content (AvgIpc) is 2.41. The molecule has 114 valence electrons. The molecule has 1 heterocycles. The smallest absolute Gasteiger partial charge is 0.249 e. The number of hydrogen-bond donors (Lipinski definition) is 2. The predicted octanol–water partition coefficient (Wildman–Crippen LogP) is 2.17. The highest BCUT2D eigenvalue weighted by molar-refractivity contribution is 6.01. The van der Waals surface area contributed by atoms with Gasteiger partial charge >= 0.3 is 0 Å². The molecule has 0 radical (unpaired) electrons. The summed E-state index contributed by atoms with van der Waals surface area (Å²) in [5.74, 6) is -0.526. The lowest BCUT2D eigenvalue weighted by Crippen LogP contribution is -2.47. The predicted molar refractivity (Wildman–Crippen MR) is 76.8 cm³/mol. The maximum atomic E-state index is 14.1. The summed E-state index contributed by atoms with van der Waals surface area (Å²) in [5.41, 5.74) is 0.967. The number of piperidine rings is 1. The topological polar surface area (TPSA) is 67.4 Å². The number of carbonyl (C=O) groups excluding carboxylic acids is 2. The summed E-state index contributed by atoms with van der Waals surface area (Å²) in [5, 5.41) is 5.20. The Balaban J connectivity index is 2.25. The van der Waals surface area contributed by atoms with Crippen LogP contribution in [0.4, 0.5) is 10.1 Å². The highest BCUT2D eigenvalue weighted by Gasteiger charge is 2.27. The lowest BCUT2D eigenvalue weighted by Gasteiger charge is -2.24. The Morgan fingerprint density at radius 1 is 1.38 bits per heavy atom. The van der Waals surface area contributed by atoms with Crippen molar-refractivity contribution in [2.24, 2.45) is 0 Å². The Morgan fingerprint density at radius 3 is 2.67 bits per heavy atom. The fraction of sp³-hybridized carbons (Fsp3) is 0.467. The number of benzene rings is 1. The summed E-state index contributed by atoms with van der Waals surface area (Å²) in [4.78, 5) is 22.9. The summed E-state index contributed by atoms with van der Waals surface area (Å²) in [6.45, 7) is 3.79. The number of amides is 2. The van der Waals surface area contributed by atoms with E-state index in [1.54, 1.807) is 6.07 Å². The van der Waals surface area contributed by atoms with Crippen molar-refractivity contribution < 1.29 is 18.7 Å². The van der Waals surface area contributed by atoms with Crippen LogP contribution >= 0.6 is 0 Å². The Morgan fingerprint density at radius 2 is 2.10 bits per heavy atom. The number of halogens is 1. The molecule has 0 unspecified atom stereocenters. The van der Waals surface area contributed by atoms with Gasteiger partial charge in [-0.2, -0.15) is 0 Å². The van der Waals surface area contributed by atoms with Crippen molar-refractivity contribution in [3.8, 4) is 5.75 Å². The summed E-state index contributed by atoms with van der Waals surface area (Å²) in [6.07, 6.45) is 0.639. The molecule has 5 nitrogen and oxygen atoms in total. The zero-order valence-corrected chi connectivity index (χ0v) is 12.3. The highest BCUT2D eigenvalue weighted by Crippen LogP contribution is 2.32. The Bertz CT molecular complexity index is 572. The first-order valence-electron chi connectivity index (χ1n) is 6.90. The van der Waals surface area contributed by atoms with E-state index in [9.17, 15) is 14.0 Å². The van der Waals surface area contributed by atoms with Gasteiger partial charge < -0.3 is 10.1 Å². The van der Waals surface area contributed by atoms with E-state index in [0.717, 1.165) is 0 Å². The van der Waals surface area contributed by atoms with Crippen molar-refractivity contribution in [2.45, 2.75) is 38.6 Å². The van der Waals surface area contributed by atoms with Crippen LogP contribution in [0.3, 0.4) is 0 Å². The van der Waals surface area contributed by atoms with Crippen molar-refractivity contribution in [3.63, 3.8) is 0 Å². The zero-order valence-electron chi connectivity index (χ0n) is 12.3. The molecule has 1 aromatic carbocycles. The largest absolute Gasteiger partial charge is 0.495 e. The third-order valence-corrected chi connectivity index (χ3v) is 3.51. The monoisotopic (exact) mass is 294 g/mol. The minimum Gasteiger partial charge on any atom is -0.495 e. The lowest BCUT2D eigenvalue weighted by molar-refractivity contribution is -0.133. The third-order valence-electron chi connectivity index (χ3n) is 3.51. The van der Waals surface area contributed by atoms with Crippen LogP contribution in [0.25, 0.3) is 0 Å². The molecule has 1 aliphatic heterocycles. The van der Waals surface area contributed by atoms with E-state index in [1.165, 1.54) is 13.2 Å². The molecule has 0 aliphatic carbocycles. The van der Waals surface area contributed by atoms with E-state index < -0.39 is 11.9 Å². The van der Waals surface area contributed by atoms with Gasteiger partial charge in [0.2, 0.25) is 11.8 Å². The van der Waals surface area contributed by atoms with Crippen molar-refractivity contribution in [2.75, 3.05) is 12.4 Å². The summed E-state index contributed by atoms with van der Waals surface area (Å²) in [6, 6.07) is 2.40. The number of nitrogens with one attached hydrogen (secondary N) is 2. The average molecular weight is 294 g/mol. The van der Waals surface area contributed by atoms with Crippen LogP contribution in [0.5, 0.6) is 5.75 Å². The molecule has 21 heavy (non-hydrogen) atoms. The normalized spacial score (nSPS) is 18.6. The zero-order chi connectivity index (χ0) is 15.6. The molecule has 2 amide bonds. The number of imide groups is 1. The van der Waals surface area contributed by atoms with Gasteiger partial charge in [-0.05, 0) is 24.0 Å². The molecule has 1 aliphatic rings. The van der Waals surface area contributed by atoms with E-state index in [1.807, 2.05) is 13.8 Å². The maximum Gasteiger partial charge on any atom is 0.249 e. The molecule has 2 N–H and O–H groups in total. The van der Waals surface area contributed by atoms with E-state index in [-0.39, 0.29) is 24.1 Å². The first-order valence-corrected chi connectivity index (χ1v) is 6.90. The van der Waals surface area contributed by atoms with Crippen LogP contribution in [0.2, 0.25) is 0 Å². The molecule has 1 aromatic rings. The number of ether oxygens (including phenoxy) is 1. The van der Waals surface area contributed by atoms with Crippen molar-refractivity contribution in [3.05, 3.63) is 23.5 Å². The van der Waals surface area contributed by atoms with Crippen LogP contribution in [-0.2, 0) is 9.59 Å². The maximum absolute atomic E-state index is 14.1. The van der Waals surface area contributed by atoms with Gasteiger partial charge in [0.25, 0.3) is 0 Å². The standard InChI is InChI=1S/C15H19FN2O3/c1-8(2)9-6-13(21-3)12(7-10(9)16)17-11-4-5-14(19)18-15(11)20/h6-8,11,17H,4-5H2,1-3H3,(H,18,19,20)/t11-/m0/s1. The van der Waals surface area contributed by atoms with Gasteiger partial charge in [0, 0.05) is 12.5 Å². The third kappa shape index (κ3) is 3.32. The van der Waals surface area contributed by atoms with Gasteiger partial charge in [-0.3, -0.25) is 14.9 Å². The van der Waals surface area contributed by atoms with Crippen molar-refractivity contribution >= 4 is 17.5 Å². The molecule has 1 saturated heterocycles. The van der Waals surface area contributed by atoms with Gasteiger partial charge in [0.1, 0.15) is 17.6 Å². The second kappa shape index (κ2) is 6.11. The van der Waals surface area contributed by atoms with E-state index in [2.05, 4.69) is 10.6 Å². The molecule has 0 saturated carbocycles. The molecule has 0 bridgehead atoms. The number of anilines is 1. The van der Waals surface area contributed by atoms with Gasteiger partial charge in [0.15, 0.2) is 0 Å². The molecule has 1 fully saturated rings. The fourth-order valence-corrected chi connectivity index (χ4v) is 2.31. The van der Waals surface area contributed by atoms with Crippen LogP contribution in [0.1, 0.15) is 38.2 Å². The second-order valence-corrected chi connectivity index (χ2v) is 5.38. The number of carbonyl (C=O) groups is 2. The Hall–Kier alpha value is -2.11. The van der Waals surface area contributed by atoms with E-state index in [0.29, 0.717) is 23.4 Å². The van der Waals surface area contributed by atoms with Gasteiger partial charge in [0.05, 0.1) is 12.8 Å². The molecule has 2 rings (SSSR count). The van der Waals surface area contributed by atoms with E-state index >= 15 is 0 Å². The quantitative estimate of drug-likeness (QED) is 0.835. The van der Waals surface area contributed by atoms with Gasteiger partial charge in [-0.15, -0.1) is 0 Å². The van der Waals surface area contributed by atoms with Crippen LogP contribution in [0.15, 0.2) is 12.1 Å². The minimum atomic E-state index is -0.569. The van der Waals surface area contributed by atoms with Crippen molar-refractivity contribution in [1.29, 1.82) is 0 Å². The molecule has 6 heteroatoms. The summed E-state index contributed by atoms with van der Waals surface area (Å²) in [7, 11) is 1.49. The molecular formula is C15H19FN2O3. The number of methoxy groups -OCH3 is 1. The summed E-state index contributed by atoms with van der Waals surface area (Å²) >= 11 is 0. The van der Waals surface area contributed by atoms with Gasteiger partial charge in [-0.1, -0.05) is 13.8 Å². The minimum absolute atomic E-state index is 0.0311. The molecule has 0 aromatic heterocycles. The molecule has 0 spiro atoms. The van der Waals surface area contributed by atoms with Crippen LogP contribution in [-0.4, -0.2) is 25.0 Å². The second-order valence-electron chi connectivity index (χ2n) is 5.38.